The Morgan fingerprint density at radius 2 is 1.88 bits per heavy atom. The molecule has 1 saturated heterocycles. The van der Waals surface area contributed by atoms with Gasteiger partial charge in [-0.05, 0) is 64.7 Å². The van der Waals surface area contributed by atoms with Gasteiger partial charge in [0.05, 0.1) is 11.4 Å². The van der Waals surface area contributed by atoms with Crippen molar-refractivity contribution in [2.75, 3.05) is 18.2 Å². The molecule has 0 radical (unpaired) electrons. The lowest BCUT2D eigenvalue weighted by Gasteiger charge is -2.32. The van der Waals surface area contributed by atoms with Crippen LogP contribution in [0, 0.1) is 0 Å². The summed E-state index contributed by atoms with van der Waals surface area (Å²) < 4.78 is 7.87. The lowest BCUT2D eigenvalue weighted by Crippen LogP contribution is -2.40. The van der Waals surface area contributed by atoms with Crippen LogP contribution < -0.4 is 9.82 Å². The van der Waals surface area contributed by atoms with Crippen LogP contribution in [0.2, 0.25) is 0 Å². The number of likely N-dealkylation sites (tertiary alicyclic amines) is 1. The second-order valence-electron chi connectivity index (χ2n) is 8.08. The fraction of sp³-hybridized carbons (Fsp3) is 0.200. The first-order valence-electron chi connectivity index (χ1n) is 11.1. The van der Waals surface area contributed by atoms with Crippen molar-refractivity contribution in [1.82, 2.24) is 24.6 Å². The van der Waals surface area contributed by atoms with E-state index >= 15 is 0 Å². The maximum absolute atomic E-state index is 12.2. The third-order valence-corrected chi connectivity index (χ3v) is 6.23. The molecule has 0 spiro atoms. The van der Waals surface area contributed by atoms with Crippen LogP contribution in [0.4, 0.5) is 5.82 Å². The minimum atomic E-state index is -0.0580. The molecule has 4 aromatic rings. The van der Waals surface area contributed by atoms with E-state index in [1.165, 1.54) is 12.4 Å². The average molecular weight is 472 g/mol. The Bertz CT molecular complexity index is 1320. The highest BCUT2D eigenvalue weighted by molar-refractivity contribution is 7.18. The van der Waals surface area contributed by atoms with Crippen molar-refractivity contribution >= 4 is 32.1 Å². The zero-order valence-corrected chi connectivity index (χ0v) is 19.7. The molecule has 2 atom stereocenters. The van der Waals surface area contributed by atoms with Gasteiger partial charge in [-0.25, -0.2) is 14.6 Å². The van der Waals surface area contributed by atoms with Gasteiger partial charge in [0, 0.05) is 18.7 Å². The second-order valence-corrected chi connectivity index (χ2v) is 8.37. The largest absolute Gasteiger partial charge is 0.457 e. The Balaban J connectivity index is 1.52. The van der Waals surface area contributed by atoms with Gasteiger partial charge in [0.15, 0.2) is 5.65 Å². The van der Waals surface area contributed by atoms with Crippen LogP contribution in [0.25, 0.3) is 22.3 Å². The van der Waals surface area contributed by atoms with E-state index in [0.29, 0.717) is 12.4 Å². The number of carbonyl (C=O) groups is 1. The minimum absolute atomic E-state index is 0.0156. The number of aromatic nitrogens is 4. The first-order chi connectivity index (χ1) is 16.7. The van der Waals surface area contributed by atoms with Crippen molar-refractivity contribution in [1.29, 1.82) is 0 Å². The number of carbonyl (C=O) groups excluding carboxylic acids is 1. The minimum Gasteiger partial charge on any atom is -0.457 e. The average Bonchev–Trinajstić information content (AvgIpc) is 3.29. The number of nitrogens with zero attached hydrogens (tertiary/aromatic N) is 5. The quantitative estimate of drug-likeness (QED) is 0.319. The van der Waals surface area contributed by atoms with Crippen LogP contribution in [0.15, 0.2) is 73.6 Å². The normalized spacial score (nSPS) is 15.8. The number of ether oxygens (including phenoxy) is 1. The lowest BCUT2D eigenvalue weighted by molar-refractivity contribution is -0.127. The fourth-order valence-electron chi connectivity index (χ4n) is 4.33. The molecule has 9 heteroatoms. The number of rotatable bonds is 6. The third-order valence-electron chi connectivity index (χ3n) is 5.96. The number of hydrogen-bond donors (Lipinski definition) is 1. The SMILES string of the molecule is C=CC(=O)N1CCC[C@@H](n2nc(-c3ccc(Oc4ccccc4)cc3)c3c(NP)ncnc32)C1. The number of benzene rings is 2. The van der Waals surface area contributed by atoms with Gasteiger partial charge in [-0.1, -0.05) is 24.8 Å². The van der Waals surface area contributed by atoms with Gasteiger partial charge in [0.1, 0.15) is 29.3 Å². The zero-order valence-electron chi connectivity index (χ0n) is 18.6. The van der Waals surface area contributed by atoms with Crippen LogP contribution in [-0.2, 0) is 4.79 Å². The molecular weight excluding hydrogens is 447 g/mol. The Kier molecular flexibility index (Phi) is 6.23. The number of nitrogens with one attached hydrogen (secondary N) is 1. The van der Waals surface area contributed by atoms with Gasteiger partial charge >= 0.3 is 0 Å². The molecule has 1 N–H and O–H groups in total. The third kappa shape index (κ3) is 4.24. The van der Waals surface area contributed by atoms with E-state index in [0.717, 1.165) is 53.2 Å². The molecule has 0 aliphatic carbocycles. The lowest BCUT2D eigenvalue weighted by atomic mass is 10.1. The molecule has 1 unspecified atom stereocenters. The molecule has 1 fully saturated rings. The number of hydrogen-bond acceptors (Lipinski definition) is 6. The van der Waals surface area contributed by atoms with Gasteiger partial charge in [0.2, 0.25) is 5.91 Å². The van der Waals surface area contributed by atoms with Crippen LogP contribution >= 0.6 is 9.39 Å². The standard InChI is InChI=1S/C25H25N6O2P/c1-2-21(32)30-14-6-7-18(15-30)31-25-22(24(29-34)26-16-27-25)23(28-31)17-10-12-20(13-11-17)33-19-8-4-3-5-9-19/h2-5,8-13,16,18H,1,6-7,14-15,34H2,(H,26,27,29)/t18-/m1/s1. The summed E-state index contributed by atoms with van der Waals surface area (Å²) >= 11 is 0. The molecular formula is C25H25N6O2P. The first-order valence-corrected chi connectivity index (χ1v) is 11.7. The number of anilines is 1. The topological polar surface area (TPSA) is 85.2 Å². The predicted octanol–water partition coefficient (Wildman–Crippen LogP) is 4.84. The van der Waals surface area contributed by atoms with Crippen LogP contribution in [0.5, 0.6) is 11.5 Å². The van der Waals surface area contributed by atoms with E-state index in [4.69, 9.17) is 9.84 Å². The summed E-state index contributed by atoms with van der Waals surface area (Å²) in [5.74, 6) is 2.14. The summed E-state index contributed by atoms with van der Waals surface area (Å²) in [7, 11) is 2.49. The van der Waals surface area contributed by atoms with Crippen molar-refractivity contribution < 1.29 is 9.53 Å². The highest BCUT2D eigenvalue weighted by Gasteiger charge is 2.28. The maximum Gasteiger partial charge on any atom is 0.246 e. The molecule has 0 saturated carbocycles. The highest BCUT2D eigenvalue weighted by atomic mass is 31.0. The van der Waals surface area contributed by atoms with Gasteiger partial charge in [-0.3, -0.25) is 4.79 Å². The Morgan fingerprint density at radius 3 is 2.62 bits per heavy atom. The number of para-hydroxylation sites is 1. The summed E-state index contributed by atoms with van der Waals surface area (Å²) in [6, 6.07) is 17.5. The molecule has 5 rings (SSSR count). The molecule has 1 amide bonds. The summed E-state index contributed by atoms with van der Waals surface area (Å²) in [5.41, 5.74) is 2.44. The molecule has 0 bridgehead atoms. The molecule has 8 nitrogen and oxygen atoms in total. The maximum atomic E-state index is 12.2. The Hall–Kier alpha value is -3.77. The smallest absolute Gasteiger partial charge is 0.246 e. The van der Waals surface area contributed by atoms with Crippen molar-refractivity contribution in [2.24, 2.45) is 0 Å². The summed E-state index contributed by atoms with van der Waals surface area (Å²) in [6.45, 7) is 4.92. The monoisotopic (exact) mass is 472 g/mol. The number of fused-ring (bicyclic) bond motifs is 1. The van der Waals surface area contributed by atoms with Gasteiger partial charge < -0.3 is 14.7 Å². The van der Waals surface area contributed by atoms with Crippen molar-refractivity contribution in [2.45, 2.75) is 18.9 Å². The Morgan fingerprint density at radius 1 is 1.12 bits per heavy atom. The molecule has 172 valence electrons. The molecule has 3 heterocycles. The predicted molar refractivity (Wildman–Crippen MR) is 136 cm³/mol. The van der Waals surface area contributed by atoms with E-state index in [2.05, 4.69) is 31.0 Å². The second kappa shape index (κ2) is 9.61. The number of amides is 1. The van der Waals surface area contributed by atoms with Crippen molar-refractivity contribution in [3.63, 3.8) is 0 Å². The molecule has 34 heavy (non-hydrogen) atoms. The first kappa shape index (κ1) is 22.0. The van der Waals surface area contributed by atoms with Gasteiger partial charge in [-0.2, -0.15) is 5.10 Å². The van der Waals surface area contributed by atoms with Gasteiger partial charge in [-0.15, -0.1) is 0 Å². The molecule has 1 aliphatic heterocycles. The zero-order chi connectivity index (χ0) is 23.5. The molecule has 2 aromatic heterocycles. The Labute approximate surface area is 199 Å². The summed E-state index contributed by atoms with van der Waals surface area (Å²) in [6.07, 6.45) is 4.70. The summed E-state index contributed by atoms with van der Waals surface area (Å²) in [5, 5.41) is 8.91. The van der Waals surface area contributed by atoms with Crippen molar-refractivity contribution in [3.05, 3.63) is 73.6 Å². The van der Waals surface area contributed by atoms with E-state index in [1.54, 1.807) is 0 Å². The summed E-state index contributed by atoms with van der Waals surface area (Å²) in [4.78, 5) is 23.0. The molecule has 2 aromatic carbocycles. The van der Waals surface area contributed by atoms with E-state index in [9.17, 15) is 4.79 Å². The van der Waals surface area contributed by atoms with E-state index in [1.807, 2.05) is 64.2 Å². The van der Waals surface area contributed by atoms with Crippen LogP contribution in [0.1, 0.15) is 18.9 Å². The van der Waals surface area contributed by atoms with E-state index in [-0.39, 0.29) is 11.9 Å². The fourth-order valence-corrected chi connectivity index (χ4v) is 4.55. The van der Waals surface area contributed by atoms with E-state index < -0.39 is 0 Å². The van der Waals surface area contributed by atoms with Crippen molar-refractivity contribution in [3.8, 4) is 22.8 Å². The van der Waals surface area contributed by atoms with Crippen LogP contribution in [0.3, 0.4) is 0 Å². The molecule has 1 aliphatic rings. The number of piperidine rings is 1. The highest BCUT2D eigenvalue weighted by Crippen LogP contribution is 2.36. The van der Waals surface area contributed by atoms with Gasteiger partial charge in [0.25, 0.3) is 0 Å². The van der Waals surface area contributed by atoms with Crippen LogP contribution in [-0.4, -0.2) is 43.6 Å².